The minimum Gasteiger partial charge on any atom is -0.393 e. The average molecular weight is 493 g/mol. The predicted octanol–water partition coefficient (Wildman–Crippen LogP) is 4.68. The van der Waals surface area contributed by atoms with Crippen LogP contribution in [0.2, 0.25) is 0 Å². The van der Waals surface area contributed by atoms with Gasteiger partial charge in [0.1, 0.15) is 0 Å². The summed E-state index contributed by atoms with van der Waals surface area (Å²) in [5, 5.41) is 45.2. The normalized spacial score (nSPS) is 57.9. The molecule has 0 bridgehead atoms. The minimum absolute atomic E-state index is 0.0422. The molecule has 35 heavy (non-hydrogen) atoms. The van der Waals surface area contributed by atoms with Crippen LogP contribution in [0.15, 0.2) is 0 Å². The van der Waals surface area contributed by atoms with E-state index in [-0.39, 0.29) is 51.3 Å². The number of aliphatic hydroxyl groups excluding tert-OH is 3. The summed E-state index contributed by atoms with van der Waals surface area (Å²) in [4.78, 5) is 0. The zero-order valence-electron chi connectivity index (χ0n) is 23.5. The zero-order chi connectivity index (χ0) is 26.0. The van der Waals surface area contributed by atoms with E-state index in [1.54, 1.807) is 0 Å². The second-order valence-electron chi connectivity index (χ2n) is 15.5. The van der Waals surface area contributed by atoms with E-state index in [2.05, 4.69) is 41.5 Å². The highest BCUT2D eigenvalue weighted by atomic mass is 16.5. The molecule has 1 heterocycles. The maximum absolute atomic E-state index is 12.0. The van der Waals surface area contributed by atoms with Crippen molar-refractivity contribution in [1.29, 1.82) is 0 Å². The van der Waals surface area contributed by atoms with E-state index in [0.29, 0.717) is 11.8 Å². The van der Waals surface area contributed by atoms with Crippen molar-refractivity contribution in [3.63, 3.8) is 0 Å². The molecule has 0 spiro atoms. The first-order valence-corrected chi connectivity index (χ1v) is 14.4. The van der Waals surface area contributed by atoms with Crippen LogP contribution in [0.4, 0.5) is 0 Å². The lowest BCUT2D eigenvalue weighted by molar-refractivity contribution is -0.265. The largest absolute Gasteiger partial charge is 0.393 e. The third kappa shape index (κ3) is 3.30. The summed E-state index contributed by atoms with van der Waals surface area (Å²) in [5.41, 5.74) is -2.04. The van der Waals surface area contributed by atoms with Gasteiger partial charge in [-0.05, 0) is 112 Å². The van der Waals surface area contributed by atoms with Crippen molar-refractivity contribution in [3.8, 4) is 0 Å². The Morgan fingerprint density at radius 1 is 0.771 bits per heavy atom. The fourth-order valence-electron chi connectivity index (χ4n) is 11.2. The third-order valence-corrected chi connectivity index (χ3v) is 13.3. The highest BCUT2D eigenvalue weighted by Crippen LogP contribution is 2.75. The molecule has 0 amide bonds. The van der Waals surface area contributed by atoms with Crippen LogP contribution >= 0.6 is 0 Å². The van der Waals surface area contributed by atoms with Gasteiger partial charge in [0.25, 0.3) is 0 Å². The van der Waals surface area contributed by atoms with Crippen LogP contribution < -0.4 is 0 Å². The van der Waals surface area contributed by atoms with Crippen molar-refractivity contribution in [1.82, 2.24) is 0 Å². The van der Waals surface area contributed by atoms with Crippen LogP contribution in [-0.4, -0.2) is 56.0 Å². The molecule has 5 fully saturated rings. The Morgan fingerprint density at radius 2 is 1.43 bits per heavy atom. The molecule has 0 aromatic rings. The molecule has 5 rings (SSSR count). The second-order valence-corrected chi connectivity index (χ2v) is 15.5. The molecule has 0 aromatic carbocycles. The number of fused-ring (bicyclic) bond motifs is 5. The van der Waals surface area contributed by atoms with E-state index in [9.17, 15) is 20.4 Å². The summed E-state index contributed by atoms with van der Waals surface area (Å²) >= 11 is 0. The van der Waals surface area contributed by atoms with Gasteiger partial charge in [0, 0.05) is 5.41 Å². The zero-order valence-corrected chi connectivity index (χ0v) is 23.5. The van der Waals surface area contributed by atoms with Crippen molar-refractivity contribution >= 4 is 0 Å². The van der Waals surface area contributed by atoms with Gasteiger partial charge in [-0.3, -0.25) is 0 Å². The van der Waals surface area contributed by atoms with E-state index in [1.165, 1.54) is 0 Å². The third-order valence-electron chi connectivity index (χ3n) is 13.3. The van der Waals surface area contributed by atoms with Gasteiger partial charge in [-0.25, -0.2) is 0 Å². The summed E-state index contributed by atoms with van der Waals surface area (Å²) in [6, 6.07) is 0. The SMILES string of the molecule is CC(C)(O)C1CCC(C)(C2CC[C@@]3(C)C4C[C@H](O)C5C(C)(C)C(O)CCC5(C)C4CC(O)C23C)O1. The van der Waals surface area contributed by atoms with Gasteiger partial charge in [0.05, 0.1) is 35.6 Å². The maximum Gasteiger partial charge on any atom is 0.0865 e. The molecule has 202 valence electrons. The standard InChI is InChI=1S/C30H52O5/c1-25(2)21(32)10-12-27(5)17-16-22(33)30(8)20(29(7)14-11-23(35-29)26(3,4)34)9-13-28(30,6)18(17)15-19(31)24(25)27/h17-24,31-34H,9-16H2,1-8H3/t17?,18?,19-,20?,21?,22?,23?,24?,27?,28-,29?,30?/m0/s1. The van der Waals surface area contributed by atoms with Crippen molar-refractivity contribution in [2.45, 2.75) is 142 Å². The Kier molecular flexibility index (Phi) is 5.80. The number of rotatable bonds is 2. The van der Waals surface area contributed by atoms with Crippen LogP contribution in [0.5, 0.6) is 0 Å². The summed E-state index contributed by atoms with van der Waals surface area (Å²) in [5.74, 6) is 0.949. The number of hydrogen-bond acceptors (Lipinski definition) is 5. The Labute approximate surface area is 213 Å². The summed E-state index contributed by atoms with van der Waals surface area (Å²) in [7, 11) is 0. The molecule has 1 saturated heterocycles. The molecule has 4 N–H and O–H groups in total. The monoisotopic (exact) mass is 492 g/mol. The highest BCUT2D eigenvalue weighted by molar-refractivity contribution is 5.22. The lowest BCUT2D eigenvalue weighted by atomic mass is 9.36. The van der Waals surface area contributed by atoms with E-state index >= 15 is 0 Å². The van der Waals surface area contributed by atoms with Gasteiger partial charge >= 0.3 is 0 Å². The van der Waals surface area contributed by atoms with Crippen LogP contribution in [-0.2, 0) is 4.74 Å². The molecule has 10 unspecified atom stereocenters. The number of hydrogen-bond donors (Lipinski definition) is 4. The molecule has 4 saturated carbocycles. The molecular formula is C30H52O5. The Balaban J connectivity index is 1.51. The number of aliphatic hydroxyl groups is 4. The van der Waals surface area contributed by atoms with Crippen LogP contribution in [0, 0.1) is 45.3 Å². The van der Waals surface area contributed by atoms with Crippen LogP contribution in [0.3, 0.4) is 0 Å². The lowest BCUT2D eigenvalue weighted by Crippen LogP contribution is -2.68. The Hall–Kier alpha value is -0.200. The first-order valence-electron chi connectivity index (χ1n) is 14.4. The van der Waals surface area contributed by atoms with Crippen molar-refractivity contribution in [2.24, 2.45) is 45.3 Å². The van der Waals surface area contributed by atoms with Gasteiger partial charge in [0.2, 0.25) is 0 Å². The quantitative estimate of drug-likeness (QED) is 0.449. The van der Waals surface area contributed by atoms with Gasteiger partial charge in [-0.2, -0.15) is 0 Å². The molecular weight excluding hydrogens is 440 g/mol. The van der Waals surface area contributed by atoms with Crippen molar-refractivity contribution < 1.29 is 25.2 Å². The maximum atomic E-state index is 12.0. The van der Waals surface area contributed by atoms with Gasteiger partial charge in [-0.1, -0.05) is 34.6 Å². The average Bonchev–Trinajstić information content (AvgIpc) is 3.27. The molecule has 5 nitrogen and oxygen atoms in total. The Morgan fingerprint density at radius 3 is 2.03 bits per heavy atom. The van der Waals surface area contributed by atoms with E-state index < -0.39 is 17.8 Å². The van der Waals surface area contributed by atoms with Crippen molar-refractivity contribution in [3.05, 3.63) is 0 Å². The van der Waals surface area contributed by atoms with E-state index in [4.69, 9.17) is 4.74 Å². The first kappa shape index (κ1) is 26.4. The molecule has 4 aliphatic carbocycles. The van der Waals surface area contributed by atoms with Gasteiger partial charge in [-0.15, -0.1) is 0 Å². The van der Waals surface area contributed by atoms with E-state index in [0.717, 1.165) is 51.4 Å². The highest BCUT2D eigenvalue weighted by Gasteiger charge is 2.73. The molecule has 0 radical (unpaired) electrons. The fourth-order valence-corrected chi connectivity index (χ4v) is 11.2. The lowest BCUT2D eigenvalue weighted by Gasteiger charge is -2.69. The molecule has 5 heteroatoms. The van der Waals surface area contributed by atoms with Gasteiger partial charge < -0.3 is 25.2 Å². The van der Waals surface area contributed by atoms with Crippen LogP contribution in [0.25, 0.3) is 0 Å². The molecule has 1 aliphatic heterocycles. The minimum atomic E-state index is -0.869. The predicted molar refractivity (Wildman–Crippen MR) is 137 cm³/mol. The molecule has 12 atom stereocenters. The van der Waals surface area contributed by atoms with E-state index in [1.807, 2.05) is 13.8 Å². The second kappa shape index (κ2) is 7.68. The smallest absolute Gasteiger partial charge is 0.0865 e. The fraction of sp³-hybridized carbons (Fsp3) is 1.00. The summed E-state index contributed by atoms with van der Waals surface area (Å²) in [6.45, 7) is 17.2. The Bertz CT molecular complexity index is 850. The number of ether oxygens (including phenoxy) is 1. The van der Waals surface area contributed by atoms with Gasteiger partial charge in [0.15, 0.2) is 0 Å². The van der Waals surface area contributed by atoms with Crippen molar-refractivity contribution in [2.75, 3.05) is 0 Å². The first-order chi connectivity index (χ1) is 15.9. The summed E-state index contributed by atoms with van der Waals surface area (Å²) < 4.78 is 6.67. The van der Waals surface area contributed by atoms with Crippen LogP contribution in [0.1, 0.15) is 107 Å². The summed E-state index contributed by atoms with van der Waals surface area (Å²) in [6.07, 6.45) is 5.61. The molecule has 0 aromatic heterocycles. The molecule has 5 aliphatic rings. The topological polar surface area (TPSA) is 90.2 Å².